The third-order valence-corrected chi connectivity index (χ3v) is 17.7. The van der Waals surface area contributed by atoms with Crippen molar-refractivity contribution >= 4 is 141 Å². The van der Waals surface area contributed by atoms with Crippen molar-refractivity contribution < 1.29 is 0 Å². The van der Waals surface area contributed by atoms with Crippen LogP contribution in [-0.2, 0) is 0 Å². The highest BCUT2D eigenvalue weighted by atomic mass is 15.0. The normalized spacial score (nSPS) is 12.6. The number of benzene rings is 13. The molecule has 6 heterocycles. The van der Waals surface area contributed by atoms with Crippen molar-refractivity contribution in [3.8, 4) is 33.6 Å². The minimum atomic E-state index is 1.16. The predicted octanol–water partition coefficient (Wildman–Crippen LogP) is 19.8. The van der Waals surface area contributed by atoms with Crippen molar-refractivity contribution in [3.63, 3.8) is 0 Å². The quantitative estimate of drug-likeness (QED) is 0.167. The third-order valence-electron chi connectivity index (χ3n) is 17.7. The topological polar surface area (TPSA) is 18.7 Å². The Hall–Kier alpha value is -10.4. The lowest BCUT2D eigenvalue weighted by molar-refractivity contribution is 1.18. The Bertz CT molecular complexity index is 5790. The summed E-state index contributed by atoms with van der Waals surface area (Å²) < 4.78 is 10.1. The first kappa shape index (κ1) is 40.9. The maximum absolute atomic E-state index is 2.63. The lowest BCUT2D eigenvalue weighted by Crippen LogP contribution is -1.93. The summed E-state index contributed by atoms with van der Waals surface area (Å²) in [5.74, 6) is 0. The molecule has 0 unspecified atom stereocenters. The van der Waals surface area contributed by atoms with Gasteiger partial charge < -0.3 is 17.9 Å². The smallest absolute Gasteiger partial charge is 0.0627 e. The van der Waals surface area contributed by atoms with Crippen LogP contribution in [0.15, 0.2) is 255 Å². The number of hydrogen-bond donors (Lipinski definition) is 0. The molecule has 19 aromatic rings. The first-order valence-corrected chi connectivity index (χ1v) is 27.1. The Labute approximate surface area is 445 Å². The van der Waals surface area contributed by atoms with Crippen LogP contribution in [-0.4, -0.2) is 17.9 Å². The zero-order chi connectivity index (χ0) is 50.5. The van der Waals surface area contributed by atoms with Gasteiger partial charge in [0.25, 0.3) is 0 Å². The number of aromatic nitrogens is 4. The van der Waals surface area contributed by atoms with Crippen molar-refractivity contribution in [1.29, 1.82) is 0 Å². The maximum atomic E-state index is 2.63. The van der Waals surface area contributed by atoms with Crippen LogP contribution in [0.1, 0.15) is 0 Å². The average molecular weight is 987 g/mol. The van der Waals surface area contributed by atoms with E-state index in [1.54, 1.807) is 0 Å². The van der Waals surface area contributed by atoms with Crippen molar-refractivity contribution in [3.05, 3.63) is 255 Å². The van der Waals surface area contributed by atoms with Gasteiger partial charge >= 0.3 is 0 Å². The molecule has 19 rings (SSSR count). The fraction of sp³-hybridized carbons (Fsp3) is 0. The van der Waals surface area contributed by atoms with E-state index in [9.17, 15) is 0 Å². The Morgan fingerprint density at radius 1 is 0.205 bits per heavy atom. The molecular weight excluding hydrogens is 945 g/mol. The number of fused-ring (bicyclic) bond motifs is 23. The molecule has 0 N–H and O–H groups in total. The van der Waals surface area contributed by atoms with E-state index >= 15 is 0 Å². The SMILES string of the molecule is c1ccc(-n2c3ccccc3c3cc(-c4cccc5c6c7ccccc7cc7c8c9c%10c%11ccccc%11cc%11c%12cccc(-c%13ccc%14c(c%13)c%13ccccc%13n%14-c%13ccccc%13)c%12n(c9ccc8n(c45)c76)c%11%10)ccc32)cc1. The Kier molecular flexibility index (Phi) is 7.71. The Balaban J connectivity index is 0.938. The van der Waals surface area contributed by atoms with Crippen LogP contribution in [0.5, 0.6) is 0 Å². The van der Waals surface area contributed by atoms with Crippen molar-refractivity contribution in [2.45, 2.75) is 0 Å². The average Bonchev–Trinajstić information content (AvgIpc) is 4.15. The fourth-order valence-electron chi connectivity index (χ4n) is 14.7. The van der Waals surface area contributed by atoms with Crippen molar-refractivity contribution in [2.24, 2.45) is 0 Å². The van der Waals surface area contributed by atoms with E-state index in [1.807, 2.05) is 0 Å². The first-order valence-electron chi connectivity index (χ1n) is 27.1. The standard InChI is InChI=1S/C74H42N4/c1-3-19-47(20-4-1)75-61-31-13-11-25-53(61)57-39-45(33-35-63(57)75)51-27-15-29-55-59-41-43-17-8-10-24-50(43)69-70-66(78(71(51)55)73(59)69)38-37-65-68(70)60-42-44-18-7-9-23-49(44)67-56-30-16-28-52(72(56)77(65)74(60)67)46-34-36-64-58(40-46)54-26-12-14-32-62(54)76(64)48-21-5-2-6-22-48/h1-42H. The van der Waals surface area contributed by atoms with Crippen LogP contribution in [0.3, 0.4) is 0 Å². The number of hydrogen-bond acceptors (Lipinski definition) is 0. The third kappa shape index (κ3) is 5.06. The molecule has 0 aliphatic carbocycles. The molecule has 4 nitrogen and oxygen atoms in total. The predicted molar refractivity (Wildman–Crippen MR) is 330 cm³/mol. The minimum Gasteiger partial charge on any atom is -0.309 e. The fourth-order valence-corrected chi connectivity index (χ4v) is 14.7. The summed E-state index contributed by atoms with van der Waals surface area (Å²) in [6, 6.07) is 95.3. The van der Waals surface area contributed by atoms with Crippen LogP contribution in [0.4, 0.5) is 0 Å². The highest BCUT2D eigenvalue weighted by molar-refractivity contribution is 6.42. The number of rotatable bonds is 4. The summed E-state index contributed by atoms with van der Waals surface area (Å²) in [6.45, 7) is 0. The highest BCUT2D eigenvalue weighted by Crippen LogP contribution is 2.52. The van der Waals surface area contributed by atoms with Gasteiger partial charge in [0.1, 0.15) is 0 Å². The molecule has 0 amide bonds. The molecule has 0 saturated heterocycles. The number of nitrogens with zero attached hydrogens (tertiary/aromatic N) is 4. The molecule has 0 fully saturated rings. The zero-order valence-electron chi connectivity index (χ0n) is 42.0. The van der Waals surface area contributed by atoms with Gasteiger partial charge in [-0.25, -0.2) is 0 Å². The summed E-state index contributed by atoms with van der Waals surface area (Å²) in [5, 5.41) is 20.4. The molecule has 6 aromatic heterocycles. The van der Waals surface area contributed by atoms with E-state index in [0.717, 1.165) is 11.4 Å². The second kappa shape index (κ2) is 14.7. The minimum absolute atomic E-state index is 1.16. The molecule has 13 aromatic carbocycles. The van der Waals surface area contributed by atoms with E-state index in [0.29, 0.717) is 0 Å². The molecule has 0 atom stereocenters. The van der Waals surface area contributed by atoms with E-state index in [4.69, 9.17) is 0 Å². The molecule has 0 radical (unpaired) electrons. The lowest BCUT2D eigenvalue weighted by Gasteiger charge is -2.10. The highest BCUT2D eigenvalue weighted by Gasteiger charge is 2.29. The van der Waals surface area contributed by atoms with Gasteiger partial charge in [-0.3, -0.25) is 0 Å². The van der Waals surface area contributed by atoms with Gasteiger partial charge in [-0.1, -0.05) is 170 Å². The summed E-state index contributed by atoms with van der Waals surface area (Å²) in [6.07, 6.45) is 0. The van der Waals surface area contributed by atoms with Gasteiger partial charge in [0.05, 0.1) is 55.2 Å². The molecule has 4 heteroatoms. The van der Waals surface area contributed by atoms with Gasteiger partial charge in [0.2, 0.25) is 0 Å². The van der Waals surface area contributed by atoms with Gasteiger partial charge in [-0.05, 0) is 118 Å². The Morgan fingerprint density at radius 3 is 1.22 bits per heavy atom. The largest absolute Gasteiger partial charge is 0.309 e. The molecule has 358 valence electrons. The van der Waals surface area contributed by atoms with Crippen LogP contribution in [0.2, 0.25) is 0 Å². The molecule has 0 bridgehead atoms. The second-order valence-corrected chi connectivity index (χ2v) is 21.5. The second-order valence-electron chi connectivity index (χ2n) is 21.5. The van der Waals surface area contributed by atoms with Gasteiger partial charge in [-0.15, -0.1) is 0 Å². The van der Waals surface area contributed by atoms with Gasteiger partial charge in [0.15, 0.2) is 0 Å². The molecule has 0 aliphatic rings. The van der Waals surface area contributed by atoms with Crippen molar-refractivity contribution in [1.82, 2.24) is 17.9 Å². The zero-order valence-corrected chi connectivity index (χ0v) is 42.0. The molecule has 0 aliphatic heterocycles. The van der Waals surface area contributed by atoms with Gasteiger partial charge in [-0.2, -0.15) is 0 Å². The first-order chi connectivity index (χ1) is 38.7. The summed E-state index contributed by atoms with van der Waals surface area (Å²) in [7, 11) is 0. The molecular formula is C74H42N4. The van der Waals surface area contributed by atoms with Gasteiger partial charge in [0, 0.05) is 87.1 Å². The van der Waals surface area contributed by atoms with E-state index in [2.05, 4.69) is 273 Å². The van der Waals surface area contributed by atoms with E-state index in [-0.39, 0.29) is 0 Å². The van der Waals surface area contributed by atoms with E-state index in [1.165, 1.54) is 164 Å². The van der Waals surface area contributed by atoms with Crippen LogP contribution in [0, 0.1) is 0 Å². The monoisotopic (exact) mass is 986 g/mol. The number of para-hydroxylation sites is 6. The van der Waals surface area contributed by atoms with Crippen LogP contribution in [0.25, 0.3) is 175 Å². The summed E-state index contributed by atoms with van der Waals surface area (Å²) in [5.41, 5.74) is 19.5. The van der Waals surface area contributed by atoms with E-state index < -0.39 is 0 Å². The van der Waals surface area contributed by atoms with Crippen LogP contribution >= 0.6 is 0 Å². The molecule has 78 heavy (non-hydrogen) atoms. The van der Waals surface area contributed by atoms with Crippen molar-refractivity contribution in [2.75, 3.05) is 0 Å². The summed E-state index contributed by atoms with van der Waals surface area (Å²) >= 11 is 0. The lowest BCUT2D eigenvalue weighted by atomic mass is 9.95. The molecule has 0 spiro atoms. The Morgan fingerprint density at radius 2 is 0.628 bits per heavy atom. The maximum Gasteiger partial charge on any atom is 0.0627 e. The molecule has 0 saturated carbocycles. The van der Waals surface area contributed by atoms with Crippen LogP contribution < -0.4 is 0 Å². The summed E-state index contributed by atoms with van der Waals surface area (Å²) in [4.78, 5) is 0.